The normalized spacial score (nSPS) is 18.3. The van der Waals surface area contributed by atoms with Gasteiger partial charge in [-0.1, -0.05) is 31.4 Å². The Labute approximate surface area is 368 Å². The highest BCUT2D eigenvalue weighted by atomic mass is 16.5. The summed E-state index contributed by atoms with van der Waals surface area (Å²) < 4.78 is 18.3. The summed E-state index contributed by atoms with van der Waals surface area (Å²) in [5.41, 5.74) is 20.6. The van der Waals surface area contributed by atoms with Gasteiger partial charge in [0.25, 0.3) is 5.91 Å². The highest BCUT2D eigenvalue weighted by Gasteiger charge is 2.36. The van der Waals surface area contributed by atoms with E-state index in [4.69, 9.17) is 36.7 Å². The fourth-order valence-corrected chi connectivity index (χ4v) is 7.91. The Bertz CT molecular complexity index is 2140. The van der Waals surface area contributed by atoms with Crippen molar-refractivity contribution >= 4 is 29.5 Å². The summed E-state index contributed by atoms with van der Waals surface area (Å²) in [7, 11) is 1.43. The Morgan fingerprint density at radius 1 is 0.873 bits per heavy atom. The number of carbonyl (C=O) groups is 5. The summed E-state index contributed by atoms with van der Waals surface area (Å²) in [5, 5.41) is 19.9. The van der Waals surface area contributed by atoms with Gasteiger partial charge in [0.1, 0.15) is 61.2 Å². The number of nitriles is 1. The minimum Gasteiger partial charge on any atom is -0.493 e. The minimum absolute atomic E-state index is 0.0124. The summed E-state index contributed by atoms with van der Waals surface area (Å²) in [6.45, 7) is 4.32. The summed E-state index contributed by atoms with van der Waals surface area (Å²) >= 11 is 0. The molecule has 0 radical (unpaired) electrons. The van der Waals surface area contributed by atoms with E-state index >= 15 is 0 Å². The Kier molecular flexibility index (Phi) is 17.7. The standard InChI is InChI=1S/C46H61N9O8/c1-28-23-33(63-27-30-7-5-4-6-8-30)11-12-34(28)43(57)53-37(15-16-47)46(60)55(3)41-32-10-14-40(62-22-19-50)36(26-32)35-24-31(9-13-39(35)61-21-18-49)25-38(44(58)51-20-17-48)54-42(56)29(2)52-45(41)59/h9-14,23-24,26,29-30,37-38,41H,4-8,15-16,18-22,25,27,47,49-50H2,1-3H3,(H,51,58)(H,52,59)(H,53,57)(H,54,56)/t29-,37-,38-,41-/m0/s1. The number of amides is 5. The van der Waals surface area contributed by atoms with Crippen molar-refractivity contribution in [1.29, 1.82) is 5.26 Å². The first-order valence-corrected chi connectivity index (χ1v) is 21.6. The van der Waals surface area contributed by atoms with Gasteiger partial charge >= 0.3 is 0 Å². The zero-order chi connectivity index (χ0) is 45.5. The Balaban J connectivity index is 1.53. The van der Waals surface area contributed by atoms with Crippen LogP contribution in [0.15, 0.2) is 54.6 Å². The molecule has 0 aromatic heterocycles. The highest BCUT2D eigenvalue weighted by Crippen LogP contribution is 2.40. The molecule has 4 atom stereocenters. The van der Waals surface area contributed by atoms with Crippen LogP contribution in [-0.2, 0) is 25.6 Å². The van der Waals surface area contributed by atoms with Crippen molar-refractivity contribution in [1.82, 2.24) is 26.2 Å². The second kappa shape index (κ2) is 23.3. The zero-order valence-electron chi connectivity index (χ0n) is 36.4. The predicted octanol–water partition coefficient (Wildman–Crippen LogP) is 2.13. The molecule has 3 aromatic carbocycles. The van der Waals surface area contributed by atoms with E-state index < -0.39 is 53.7 Å². The third-order valence-electron chi connectivity index (χ3n) is 11.3. The van der Waals surface area contributed by atoms with Crippen molar-refractivity contribution in [3.63, 3.8) is 0 Å². The fourth-order valence-electron chi connectivity index (χ4n) is 7.91. The van der Waals surface area contributed by atoms with Crippen molar-refractivity contribution in [3.05, 3.63) is 76.9 Å². The number of hydrogen-bond donors (Lipinski definition) is 7. The molecule has 1 fully saturated rings. The molecule has 3 aromatic rings. The number of hydrogen-bond acceptors (Lipinski definition) is 12. The lowest BCUT2D eigenvalue weighted by molar-refractivity contribution is -0.141. The van der Waals surface area contributed by atoms with Crippen LogP contribution in [0.5, 0.6) is 17.2 Å². The number of nitrogens with one attached hydrogen (secondary N) is 4. The Hall–Kier alpha value is -6.22. The number of fused-ring (bicyclic) bond motifs is 5. The Morgan fingerprint density at radius 3 is 2.21 bits per heavy atom. The van der Waals surface area contributed by atoms with Crippen LogP contribution in [-0.4, -0.2) is 106 Å². The van der Waals surface area contributed by atoms with Gasteiger partial charge in [-0.2, -0.15) is 5.26 Å². The number of nitrogens with zero attached hydrogens (tertiary/aromatic N) is 2. The van der Waals surface area contributed by atoms with Crippen LogP contribution in [0.25, 0.3) is 11.1 Å². The number of nitrogens with two attached hydrogens (primary N) is 3. The number of rotatable bonds is 17. The van der Waals surface area contributed by atoms with Gasteiger partial charge in [-0.3, -0.25) is 24.0 Å². The first-order chi connectivity index (χ1) is 30.4. The fraction of sp³-hybridized carbons (Fsp3) is 0.478. The molecule has 5 rings (SSSR count). The van der Waals surface area contributed by atoms with Gasteiger partial charge in [-0.25, -0.2) is 0 Å². The second-order valence-electron chi connectivity index (χ2n) is 16.0. The van der Waals surface area contributed by atoms with Crippen molar-refractivity contribution in [3.8, 4) is 34.4 Å². The van der Waals surface area contributed by atoms with E-state index in [2.05, 4.69) is 21.3 Å². The lowest BCUT2D eigenvalue weighted by Gasteiger charge is -2.32. The van der Waals surface area contributed by atoms with Crippen molar-refractivity contribution in [2.75, 3.05) is 53.0 Å². The van der Waals surface area contributed by atoms with Gasteiger partial charge in [-0.05, 0) is 105 Å². The number of likely N-dealkylation sites (N-methyl/N-ethyl adjacent to an activating group) is 1. The van der Waals surface area contributed by atoms with E-state index in [1.165, 1.54) is 38.1 Å². The van der Waals surface area contributed by atoms with Gasteiger partial charge in [0, 0.05) is 43.2 Å². The van der Waals surface area contributed by atoms with Crippen molar-refractivity contribution in [2.45, 2.75) is 83.0 Å². The third-order valence-corrected chi connectivity index (χ3v) is 11.3. The summed E-state index contributed by atoms with van der Waals surface area (Å²) in [6, 6.07) is 12.4. The number of aryl methyl sites for hydroxylation is 1. The lowest BCUT2D eigenvalue weighted by Crippen LogP contribution is -2.56. The van der Waals surface area contributed by atoms with Crippen LogP contribution in [0.4, 0.5) is 0 Å². The largest absolute Gasteiger partial charge is 0.493 e. The summed E-state index contributed by atoms with van der Waals surface area (Å²) in [5.74, 6) is -1.19. The molecule has 17 heteroatoms. The van der Waals surface area contributed by atoms with E-state index in [1.807, 2.05) is 12.1 Å². The molecule has 2 aliphatic rings. The van der Waals surface area contributed by atoms with Crippen LogP contribution in [0.1, 0.15) is 78.5 Å². The molecule has 63 heavy (non-hydrogen) atoms. The zero-order valence-corrected chi connectivity index (χ0v) is 36.4. The molecular weight excluding hydrogens is 807 g/mol. The quantitative estimate of drug-likeness (QED) is 0.0963. The van der Waals surface area contributed by atoms with E-state index in [1.54, 1.807) is 55.5 Å². The van der Waals surface area contributed by atoms with E-state index in [0.29, 0.717) is 63.2 Å². The molecule has 4 bridgehead atoms. The topological polar surface area (TPSA) is 266 Å². The van der Waals surface area contributed by atoms with Gasteiger partial charge in [0.05, 0.1) is 12.7 Å². The summed E-state index contributed by atoms with van der Waals surface area (Å²) in [4.78, 5) is 71.2. The van der Waals surface area contributed by atoms with Crippen LogP contribution >= 0.6 is 0 Å². The summed E-state index contributed by atoms with van der Waals surface area (Å²) in [6.07, 6.45) is 6.00. The first-order valence-electron chi connectivity index (χ1n) is 21.6. The molecule has 1 heterocycles. The Morgan fingerprint density at radius 2 is 1.56 bits per heavy atom. The number of ether oxygens (including phenoxy) is 3. The molecule has 0 spiro atoms. The van der Waals surface area contributed by atoms with Crippen molar-refractivity contribution in [2.24, 2.45) is 23.1 Å². The van der Waals surface area contributed by atoms with Crippen LogP contribution in [0, 0.1) is 24.2 Å². The second-order valence-corrected chi connectivity index (χ2v) is 16.0. The monoisotopic (exact) mass is 867 g/mol. The molecule has 17 nitrogen and oxygen atoms in total. The maximum absolute atomic E-state index is 14.6. The third kappa shape index (κ3) is 12.7. The smallest absolute Gasteiger partial charge is 0.252 e. The molecule has 338 valence electrons. The van der Waals surface area contributed by atoms with E-state index in [0.717, 1.165) is 12.8 Å². The van der Waals surface area contributed by atoms with Gasteiger partial charge in [0.2, 0.25) is 23.6 Å². The average molecular weight is 868 g/mol. The number of carbonyl (C=O) groups excluding carboxylic acids is 5. The van der Waals surface area contributed by atoms with Crippen LogP contribution < -0.4 is 52.7 Å². The first kappa shape index (κ1) is 47.8. The average Bonchev–Trinajstić information content (AvgIpc) is 3.28. The van der Waals surface area contributed by atoms with Gasteiger partial charge < -0.3 is 57.6 Å². The lowest BCUT2D eigenvalue weighted by atomic mass is 9.90. The molecule has 5 amide bonds. The van der Waals surface area contributed by atoms with Gasteiger partial charge in [-0.15, -0.1) is 0 Å². The molecule has 1 aliphatic heterocycles. The number of benzene rings is 3. The highest BCUT2D eigenvalue weighted by molar-refractivity contribution is 6.00. The van der Waals surface area contributed by atoms with Gasteiger partial charge in [0.15, 0.2) is 0 Å². The molecule has 1 aliphatic carbocycles. The van der Waals surface area contributed by atoms with Crippen LogP contribution in [0.3, 0.4) is 0 Å². The predicted molar refractivity (Wildman–Crippen MR) is 237 cm³/mol. The minimum atomic E-state index is -1.37. The molecule has 10 N–H and O–H groups in total. The molecule has 0 unspecified atom stereocenters. The molecule has 1 saturated carbocycles. The molecular formula is C46H61N9O8. The van der Waals surface area contributed by atoms with E-state index in [9.17, 15) is 24.0 Å². The SMILES string of the molecule is Cc1cc(OCC2CCCCC2)ccc1C(=O)N[C@@H](CCN)C(=O)N(C)[C@@H]1C(=O)N[C@@H](C)C(=O)N[C@H](C(=O)NCC#N)Cc2ccc(OCCN)c(c2)-c2cc1ccc2OCCN. The maximum atomic E-state index is 14.6. The van der Waals surface area contributed by atoms with Crippen molar-refractivity contribution < 1.29 is 38.2 Å². The van der Waals surface area contributed by atoms with E-state index in [-0.39, 0.29) is 52.2 Å². The maximum Gasteiger partial charge on any atom is 0.252 e. The molecule has 0 saturated heterocycles. The van der Waals surface area contributed by atoms with Crippen LogP contribution in [0.2, 0.25) is 0 Å².